The Morgan fingerprint density at radius 2 is 2.44 bits per heavy atom. The number of carboxylic acids is 1. The molecule has 0 atom stereocenters. The fraction of sp³-hybridized carbons (Fsp3) is 0.500. The van der Waals surface area contributed by atoms with Gasteiger partial charge in [0.2, 0.25) is 5.16 Å². The average molecular weight is 242 g/mol. The molecule has 0 spiro atoms. The lowest BCUT2D eigenvalue weighted by Gasteiger charge is -2.11. The van der Waals surface area contributed by atoms with Crippen molar-refractivity contribution >= 4 is 23.4 Å². The first kappa shape index (κ1) is 11.1. The quantitative estimate of drug-likeness (QED) is 0.811. The van der Waals surface area contributed by atoms with E-state index in [0.29, 0.717) is 29.1 Å². The van der Waals surface area contributed by atoms with Crippen LogP contribution in [0.4, 0.5) is 0 Å². The predicted molar refractivity (Wildman–Crippen MR) is 56.5 cm³/mol. The fourth-order valence-corrected chi connectivity index (χ4v) is 2.11. The van der Waals surface area contributed by atoms with E-state index in [4.69, 9.17) is 9.84 Å². The first-order valence-electron chi connectivity index (χ1n) is 4.55. The molecule has 2 heterocycles. The van der Waals surface area contributed by atoms with Crippen LogP contribution in [0.2, 0.25) is 0 Å². The summed E-state index contributed by atoms with van der Waals surface area (Å²) >= 11 is 1.43. The van der Waals surface area contributed by atoms with Crippen LogP contribution in [0.15, 0.2) is 10.3 Å². The van der Waals surface area contributed by atoms with Crippen LogP contribution in [0.25, 0.3) is 0 Å². The lowest BCUT2D eigenvalue weighted by Crippen LogP contribution is -2.17. The maximum absolute atomic E-state index is 10.6. The number of hydrogen-bond donors (Lipinski definition) is 1. The van der Waals surface area contributed by atoms with Gasteiger partial charge in [0.15, 0.2) is 5.82 Å². The zero-order chi connectivity index (χ0) is 11.5. The van der Waals surface area contributed by atoms with Crippen molar-refractivity contribution in [2.75, 3.05) is 12.9 Å². The molecule has 86 valence electrons. The van der Waals surface area contributed by atoms with E-state index in [1.807, 2.05) is 0 Å². The topological polar surface area (TPSA) is 89.6 Å². The summed E-state index contributed by atoms with van der Waals surface area (Å²) in [5, 5.41) is 21.4. The van der Waals surface area contributed by atoms with Crippen LogP contribution in [0.5, 0.6) is 0 Å². The van der Waals surface area contributed by atoms with Gasteiger partial charge in [0.05, 0.1) is 12.1 Å². The highest BCUT2D eigenvalue weighted by Crippen LogP contribution is 2.22. The Bertz CT molecular complexity index is 442. The van der Waals surface area contributed by atoms with Gasteiger partial charge in [-0.15, -0.1) is 10.2 Å². The van der Waals surface area contributed by atoms with Gasteiger partial charge >= 0.3 is 5.97 Å². The molecular weight excluding hydrogens is 232 g/mol. The van der Waals surface area contributed by atoms with Crippen molar-refractivity contribution < 1.29 is 14.6 Å². The fourth-order valence-electron chi connectivity index (χ4n) is 1.28. The second kappa shape index (κ2) is 4.62. The number of rotatable bonds is 4. The van der Waals surface area contributed by atoms with Gasteiger partial charge in [0.1, 0.15) is 6.61 Å². The summed E-state index contributed by atoms with van der Waals surface area (Å²) in [6.07, 6.45) is -0.0585. The maximum Gasteiger partial charge on any atom is 0.309 e. The van der Waals surface area contributed by atoms with E-state index >= 15 is 0 Å². The number of carbonyl (C=O) groups is 1. The first-order valence-corrected chi connectivity index (χ1v) is 5.54. The highest BCUT2D eigenvalue weighted by atomic mass is 32.2. The molecule has 1 aliphatic heterocycles. The number of ether oxygens (including phenoxy) is 1. The molecule has 0 saturated heterocycles. The van der Waals surface area contributed by atoms with Crippen molar-refractivity contribution in [2.24, 2.45) is 5.10 Å². The van der Waals surface area contributed by atoms with Crippen LogP contribution < -0.4 is 0 Å². The Morgan fingerprint density at radius 3 is 3.12 bits per heavy atom. The summed E-state index contributed by atoms with van der Waals surface area (Å²) in [6, 6.07) is 0. The third kappa shape index (κ3) is 2.22. The summed E-state index contributed by atoms with van der Waals surface area (Å²) < 4.78 is 6.49. The van der Waals surface area contributed by atoms with Gasteiger partial charge in [-0.25, -0.2) is 0 Å². The van der Waals surface area contributed by atoms with Gasteiger partial charge in [0, 0.05) is 12.9 Å². The van der Waals surface area contributed by atoms with Crippen LogP contribution in [-0.4, -0.2) is 44.5 Å². The lowest BCUT2D eigenvalue weighted by atomic mass is 10.3. The smallest absolute Gasteiger partial charge is 0.309 e. The Hall–Kier alpha value is -1.41. The van der Waals surface area contributed by atoms with Crippen molar-refractivity contribution in [3.05, 3.63) is 5.82 Å². The Balaban J connectivity index is 2.25. The van der Waals surface area contributed by atoms with E-state index in [1.54, 1.807) is 7.11 Å². The molecule has 0 aliphatic carbocycles. The number of aromatic nitrogens is 3. The highest BCUT2D eigenvalue weighted by molar-refractivity contribution is 7.99. The van der Waals surface area contributed by atoms with Crippen LogP contribution in [0, 0.1) is 0 Å². The lowest BCUT2D eigenvalue weighted by molar-refractivity contribution is -0.135. The summed E-state index contributed by atoms with van der Waals surface area (Å²) in [5.41, 5.74) is 0.599. The van der Waals surface area contributed by atoms with Gasteiger partial charge in [-0.05, 0) is 0 Å². The minimum absolute atomic E-state index is 0.0585. The summed E-state index contributed by atoms with van der Waals surface area (Å²) in [4.78, 5) is 10.6. The van der Waals surface area contributed by atoms with E-state index in [9.17, 15) is 4.79 Å². The van der Waals surface area contributed by atoms with Crippen molar-refractivity contribution in [2.45, 2.75) is 18.2 Å². The van der Waals surface area contributed by atoms with E-state index in [-0.39, 0.29) is 6.42 Å². The number of nitrogens with zero attached hydrogens (tertiary/aromatic N) is 4. The van der Waals surface area contributed by atoms with Crippen LogP contribution in [0.3, 0.4) is 0 Å². The molecule has 0 unspecified atom stereocenters. The summed E-state index contributed by atoms with van der Waals surface area (Å²) in [5.74, 6) is 0.231. The van der Waals surface area contributed by atoms with Crippen molar-refractivity contribution in [1.82, 2.24) is 14.9 Å². The van der Waals surface area contributed by atoms with Crippen LogP contribution >= 0.6 is 11.8 Å². The largest absolute Gasteiger partial charge is 0.481 e. The second-order valence-corrected chi connectivity index (χ2v) is 4.11. The van der Waals surface area contributed by atoms with E-state index in [1.165, 1.54) is 16.4 Å². The standard InChI is InChI=1S/C8H10N4O3S/c1-15-3-6-9-10-8-12(6)11-5(4-16-8)2-7(13)14/h2-4H2,1H3,(H,13,14). The van der Waals surface area contributed by atoms with Gasteiger partial charge < -0.3 is 9.84 Å². The number of aliphatic carboxylic acids is 1. The minimum atomic E-state index is -0.885. The Morgan fingerprint density at radius 1 is 1.62 bits per heavy atom. The molecule has 1 N–H and O–H groups in total. The monoisotopic (exact) mass is 242 g/mol. The number of methoxy groups -OCH3 is 1. The maximum atomic E-state index is 10.6. The van der Waals surface area contributed by atoms with Crippen LogP contribution in [-0.2, 0) is 16.1 Å². The molecule has 0 bridgehead atoms. The normalized spacial score (nSPS) is 14.4. The molecule has 0 aromatic carbocycles. The molecular formula is C8H10N4O3S. The van der Waals surface area contributed by atoms with E-state index in [0.717, 1.165) is 0 Å². The number of carboxylic acid groups (broad SMARTS) is 1. The molecule has 1 aromatic rings. The molecule has 0 fully saturated rings. The molecule has 16 heavy (non-hydrogen) atoms. The van der Waals surface area contributed by atoms with Crippen LogP contribution in [0.1, 0.15) is 12.2 Å². The predicted octanol–water partition coefficient (Wildman–Crippen LogP) is 0.209. The summed E-state index contributed by atoms with van der Waals surface area (Å²) in [6.45, 7) is 0.303. The van der Waals surface area contributed by atoms with E-state index < -0.39 is 5.97 Å². The Kier molecular flexibility index (Phi) is 3.20. The number of thioether (sulfide) groups is 1. The Labute approximate surface area is 95.5 Å². The molecule has 1 aromatic heterocycles. The molecule has 7 nitrogen and oxygen atoms in total. The highest BCUT2D eigenvalue weighted by Gasteiger charge is 2.19. The van der Waals surface area contributed by atoms with E-state index in [2.05, 4.69) is 15.3 Å². The van der Waals surface area contributed by atoms with Gasteiger partial charge in [-0.1, -0.05) is 11.8 Å². The third-order valence-corrected chi connectivity index (χ3v) is 2.91. The molecule has 0 amide bonds. The molecule has 0 saturated carbocycles. The zero-order valence-electron chi connectivity index (χ0n) is 8.58. The molecule has 8 heteroatoms. The van der Waals surface area contributed by atoms with Gasteiger partial charge in [0.25, 0.3) is 0 Å². The van der Waals surface area contributed by atoms with Gasteiger partial charge in [-0.2, -0.15) is 9.78 Å². The first-order chi connectivity index (χ1) is 7.70. The number of hydrogen-bond acceptors (Lipinski definition) is 6. The van der Waals surface area contributed by atoms with Crippen molar-refractivity contribution in [1.29, 1.82) is 0 Å². The van der Waals surface area contributed by atoms with Crippen molar-refractivity contribution in [3.63, 3.8) is 0 Å². The molecule has 0 radical (unpaired) electrons. The van der Waals surface area contributed by atoms with Gasteiger partial charge in [-0.3, -0.25) is 4.79 Å². The average Bonchev–Trinajstić information content (AvgIpc) is 2.61. The minimum Gasteiger partial charge on any atom is -0.481 e. The SMILES string of the molecule is COCc1nnc2n1N=C(CC(=O)O)CS2. The molecule has 1 aliphatic rings. The number of fused-ring (bicyclic) bond motifs is 1. The summed E-state index contributed by atoms with van der Waals surface area (Å²) in [7, 11) is 1.56. The molecule has 2 rings (SSSR count). The van der Waals surface area contributed by atoms with Crippen molar-refractivity contribution in [3.8, 4) is 0 Å². The zero-order valence-corrected chi connectivity index (χ0v) is 9.40. The second-order valence-electron chi connectivity index (χ2n) is 3.17. The third-order valence-electron chi connectivity index (χ3n) is 1.91.